The van der Waals surface area contributed by atoms with Crippen molar-refractivity contribution in [1.82, 2.24) is 0 Å². The molecule has 0 saturated carbocycles. The Bertz CT molecular complexity index is 1340. The molecule has 0 aliphatic carbocycles. The molecule has 0 aliphatic heterocycles. The number of carbonyl (C=O) groups excluding carboxylic acids is 3. The lowest BCUT2D eigenvalue weighted by atomic mass is 10.0. The quantitative estimate of drug-likeness (QED) is 0.0261. The van der Waals surface area contributed by atoms with Crippen molar-refractivity contribution in [3.8, 4) is 0 Å². The Morgan fingerprint density at radius 2 is 0.450 bits per heavy atom. The summed E-state index contributed by atoms with van der Waals surface area (Å²) in [5.41, 5.74) is 0. The van der Waals surface area contributed by atoms with Crippen LogP contribution in [-0.2, 0) is 28.6 Å². The van der Waals surface area contributed by atoms with Crippen LogP contribution in [0.3, 0.4) is 0 Å². The van der Waals surface area contributed by atoms with E-state index >= 15 is 0 Å². The largest absolute Gasteiger partial charge is 0.462 e. The van der Waals surface area contributed by atoms with Gasteiger partial charge in [-0.1, -0.05) is 340 Å². The molecular weight excluding hydrogens is 985 g/mol. The van der Waals surface area contributed by atoms with Gasteiger partial charge in [0.25, 0.3) is 0 Å². The van der Waals surface area contributed by atoms with Gasteiger partial charge in [0.1, 0.15) is 13.2 Å². The molecule has 0 radical (unpaired) electrons. The number of hydrogen-bond donors (Lipinski definition) is 0. The molecule has 6 nitrogen and oxygen atoms in total. The average molecular weight is 1120 g/mol. The molecule has 0 rings (SSSR count). The number of hydrogen-bond acceptors (Lipinski definition) is 6. The molecule has 0 aromatic carbocycles. The van der Waals surface area contributed by atoms with Crippen LogP contribution in [0, 0.1) is 0 Å². The Morgan fingerprint density at radius 1 is 0.250 bits per heavy atom. The summed E-state index contributed by atoms with van der Waals surface area (Å²) in [6, 6.07) is 0. The maximum absolute atomic E-state index is 12.9. The fourth-order valence-corrected chi connectivity index (χ4v) is 10.9. The first-order valence-corrected chi connectivity index (χ1v) is 36.0. The summed E-state index contributed by atoms with van der Waals surface area (Å²) in [5, 5.41) is 0. The zero-order valence-electron chi connectivity index (χ0n) is 54.1. The normalized spacial score (nSPS) is 12.2. The van der Waals surface area contributed by atoms with E-state index in [9.17, 15) is 14.4 Å². The van der Waals surface area contributed by atoms with Gasteiger partial charge in [0.05, 0.1) is 0 Å². The van der Waals surface area contributed by atoms with Gasteiger partial charge in [0.15, 0.2) is 6.10 Å². The van der Waals surface area contributed by atoms with Crippen molar-refractivity contribution >= 4 is 17.9 Å². The van der Waals surface area contributed by atoms with E-state index in [1.54, 1.807) is 0 Å². The van der Waals surface area contributed by atoms with Crippen molar-refractivity contribution in [3.63, 3.8) is 0 Å². The van der Waals surface area contributed by atoms with Crippen LogP contribution >= 0.6 is 0 Å². The number of esters is 3. The number of allylic oxidation sites excluding steroid dienone is 6. The fourth-order valence-electron chi connectivity index (χ4n) is 10.9. The van der Waals surface area contributed by atoms with Gasteiger partial charge < -0.3 is 14.2 Å². The van der Waals surface area contributed by atoms with E-state index in [4.69, 9.17) is 14.2 Å². The van der Waals surface area contributed by atoms with Gasteiger partial charge in [-0.2, -0.15) is 0 Å². The van der Waals surface area contributed by atoms with Crippen LogP contribution in [0.5, 0.6) is 0 Å². The lowest BCUT2D eigenvalue weighted by Gasteiger charge is -2.18. The number of carbonyl (C=O) groups is 3. The molecule has 470 valence electrons. The fraction of sp³-hybridized carbons (Fsp3) is 0.878. The summed E-state index contributed by atoms with van der Waals surface area (Å²) in [5.74, 6) is -0.856. The topological polar surface area (TPSA) is 78.9 Å². The standard InChI is InChI=1S/C74H138O6/c1-4-7-10-13-16-19-22-25-28-30-32-33-34-35-36-37-38-39-40-42-43-46-49-52-55-58-61-64-67-73(76)79-70-71(69-78-72(75)66-63-60-57-54-51-48-45-27-24-21-18-15-12-9-6-3)80-74(77)68-65-62-59-56-53-50-47-44-41-31-29-26-23-20-17-14-11-8-5-2/h17,20,26-27,29,45,71H,4-16,18-19,21-25,28,30-44,46-70H2,1-3H3/b20-17-,29-26-,45-27-. The van der Waals surface area contributed by atoms with Gasteiger partial charge in [-0.3, -0.25) is 14.4 Å². The van der Waals surface area contributed by atoms with Crippen LogP contribution in [0.4, 0.5) is 0 Å². The zero-order chi connectivity index (χ0) is 57.8. The average Bonchev–Trinajstić information content (AvgIpc) is 3.46. The molecule has 0 fully saturated rings. The van der Waals surface area contributed by atoms with Gasteiger partial charge in [-0.05, 0) is 77.0 Å². The maximum Gasteiger partial charge on any atom is 0.306 e. The smallest absolute Gasteiger partial charge is 0.306 e. The molecule has 0 aromatic rings. The van der Waals surface area contributed by atoms with Gasteiger partial charge >= 0.3 is 17.9 Å². The summed E-state index contributed by atoms with van der Waals surface area (Å²) in [6.45, 7) is 6.68. The van der Waals surface area contributed by atoms with Gasteiger partial charge in [0, 0.05) is 19.3 Å². The highest BCUT2D eigenvalue weighted by molar-refractivity contribution is 5.71. The van der Waals surface area contributed by atoms with E-state index in [-0.39, 0.29) is 31.1 Å². The van der Waals surface area contributed by atoms with Crippen molar-refractivity contribution in [2.75, 3.05) is 13.2 Å². The van der Waals surface area contributed by atoms with E-state index in [2.05, 4.69) is 57.2 Å². The second-order valence-corrected chi connectivity index (χ2v) is 24.5. The van der Waals surface area contributed by atoms with Crippen LogP contribution in [0.1, 0.15) is 400 Å². The minimum atomic E-state index is -0.777. The van der Waals surface area contributed by atoms with E-state index in [0.29, 0.717) is 19.3 Å². The van der Waals surface area contributed by atoms with Crippen LogP contribution in [0.2, 0.25) is 0 Å². The minimum absolute atomic E-state index is 0.0718. The highest BCUT2D eigenvalue weighted by Crippen LogP contribution is 2.19. The Labute approximate surface area is 499 Å². The molecule has 1 atom stereocenters. The van der Waals surface area contributed by atoms with Crippen molar-refractivity contribution < 1.29 is 28.6 Å². The molecule has 80 heavy (non-hydrogen) atoms. The first-order valence-electron chi connectivity index (χ1n) is 36.0. The predicted molar refractivity (Wildman–Crippen MR) is 349 cm³/mol. The molecule has 0 spiro atoms. The molecular formula is C74H138O6. The maximum atomic E-state index is 12.9. The summed E-state index contributed by atoms with van der Waals surface area (Å²) in [7, 11) is 0. The molecule has 6 heteroatoms. The molecule has 1 unspecified atom stereocenters. The summed E-state index contributed by atoms with van der Waals surface area (Å²) in [4.78, 5) is 38.4. The van der Waals surface area contributed by atoms with Crippen LogP contribution in [0.15, 0.2) is 36.5 Å². The Morgan fingerprint density at radius 3 is 0.725 bits per heavy atom. The first kappa shape index (κ1) is 77.6. The molecule has 0 aromatic heterocycles. The van der Waals surface area contributed by atoms with Crippen LogP contribution < -0.4 is 0 Å². The lowest BCUT2D eigenvalue weighted by Crippen LogP contribution is -2.30. The molecule has 0 saturated heterocycles. The van der Waals surface area contributed by atoms with Gasteiger partial charge in [-0.15, -0.1) is 0 Å². The number of unbranched alkanes of at least 4 members (excludes halogenated alkanes) is 50. The monoisotopic (exact) mass is 1120 g/mol. The van der Waals surface area contributed by atoms with Crippen molar-refractivity contribution in [2.24, 2.45) is 0 Å². The summed E-state index contributed by atoms with van der Waals surface area (Å²) < 4.78 is 17.0. The Kier molecular flexibility index (Phi) is 67.1. The molecule has 0 amide bonds. The molecule has 0 aliphatic rings. The SMILES string of the molecule is CCCCC/C=C\C/C=C\CCCCCCCCCCCC(=O)OC(COC(=O)CCCCCCC/C=C\CCCCCCCC)COC(=O)CCCCCCCCCCCCCCCCCCCCCCCCCCCCCC. The number of ether oxygens (including phenoxy) is 3. The minimum Gasteiger partial charge on any atom is -0.462 e. The molecule has 0 bridgehead atoms. The number of rotatable bonds is 67. The van der Waals surface area contributed by atoms with E-state index in [1.807, 2.05) is 0 Å². The van der Waals surface area contributed by atoms with Crippen LogP contribution in [-0.4, -0.2) is 37.2 Å². The van der Waals surface area contributed by atoms with E-state index in [1.165, 1.54) is 289 Å². The summed E-state index contributed by atoms with van der Waals surface area (Å²) >= 11 is 0. The lowest BCUT2D eigenvalue weighted by molar-refractivity contribution is -0.167. The third-order valence-corrected chi connectivity index (χ3v) is 16.4. The Balaban J connectivity index is 4.22. The predicted octanol–water partition coefficient (Wildman–Crippen LogP) is 24.7. The Hall–Kier alpha value is -2.37. The summed E-state index contributed by atoms with van der Waals surface area (Å²) in [6.07, 6.45) is 86.1. The molecule has 0 heterocycles. The van der Waals surface area contributed by atoms with Crippen molar-refractivity contribution in [1.29, 1.82) is 0 Å². The van der Waals surface area contributed by atoms with Crippen molar-refractivity contribution in [2.45, 2.75) is 406 Å². The first-order chi connectivity index (χ1) is 39.5. The second-order valence-electron chi connectivity index (χ2n) is 24.5. The van der Waals surface area contributed by atoms with Gasteiger partial charge in [0.2, 0.25) is 0 Å². The zero-order valence-corrected chi connectivity index (χ0v) is 54.1. The highest BCUT2D eigenvalue weighted by atomic mass is 16.6. The van der Waals surface area contributed by atoms with Gasteiger partial charge in [-0.25, -0.2) is 0 Å². The third kappa shape index (κ3) is 66.4. The molecule has 0 N–H and O–H groups in total. The van der Waals surface area contributed by atoms with E-state index < -0.39 is 6.10 Å². The second kappa shape index (κ2) is 69.1. The third-order valence-electron chi connectivity index (χ3n) is 16.4. The van der Waals surface area contributed by atoms with E-state index in [0.717, 1.165) is 70.6 Å². The van der Waals surface area contributed by atoms with Crippen molar-refractivity contribution in [3.05, 3.63) is 36.5 Å². The van der Waals surface area contributed by atoms with Crippen LogP contribution in [0.25, 0.3) is 0 Å². The highest BCUT2D eigenvalue weighted by Gasteiger charge is 2.19.